The van der Waals surface area contributed by atoms with Crippen LogP contribution in [0.1, 0.15) is 34.6 Å². The summed E-state index contributed by atoms with van der Waals surface area (Å²) in [7, 11) is 0. The molecule has 0 heteroatoms. The van der Waals surface area contributed by atoms with E-state index in [2.05, 4.69) is 34.6 Å². The Bertz CT molecular complexity index is 92.6. The number of hydrogen-bond donors (Lipinski definition) is 0. The second kappa shape index (κ2) is 2.91. The summed E-state index contributed by atoms with van der Waals surface area (Å²) in [6, 6.07) is 0. The molecule has 0 radical (unpaired) electrons. The van der Waals surface area contributed by atoms with Crippen molar-refractivity contribution in [1.29, 1.82) is 0 Å². The zero-order valence-electron chi connectivity index (χ0n) is 6.58. The van der Waals surface area contributed by atoms with Crippen LogP contribution < -0.4 is 0 Å². The quantitative estimate of drug-likeness (QED) is 0.457. The molecule has 0 nitrogen and oxygen atoms in total. The third kappa shape index (κ3) is 2.15. The van der Waals surface area contributed by atoms with E-state index in [1.54, 1.807) is 0 Å². The lowest BCUT2D eigenvalue weighted by Crippen LogP contribution is -1.89. The van der Waals surface area contributed by atoms with Crippen molar-refractivity contribution in [2.24, 2.45) is 5.92 Å². The van der Waals surface area contributed by atoms with Crippen molar-refractivity contribution < 1.29 is 0 Å². The van der Waals surface area contributed by atoms with Crippen LogP contribution in [0.4, 0.5) is 0 Å². The van der Waals surface area contributed by atoms with Gasteiger partial charge in [-0.15, -0.1) is 0 Å². The molecule has 0 saturated heterocycles. The molecular formula is C8H16. The molecule has 0 saturated carbocycles. The van der Waals surface area contributed by atoms with E-state index in [1.165, 1.54) is 11.1 Å². The van der Waals surface area contributed by atoms with Gasteiger partial charge >= 0.3 is 0 Å². The third-order valence-corrected chi connectivity index (χ3v) is 1.65. The van der Waals surface area contributed by atoms with E-state index in [0.29, 0.717) is 0 Å². The lowest BCUT2D eigenvalue weighted by Gasteiger charge is -2.05. The largest absolute Gasteiger partial charge is 0.0773 e. The van der Waals surface area contributed by atoms with Gasteiger partial charge in [-0.05, 0) is 26.7 Å². The highest BCUT2D eigenvalue weighted by Crippen LogP contribution is 2.11. The first-order chi connectivity index (χ1) is 3.55. The minimum absolute atomic E-state index is 0.722. The van der Waals surface area contributed by atoms with Gasteiger partial charge < -0.3 is 0 Å². The predicted octanol–water partition coefficient (Wildman–Crippen LogP) is 3.00. The van der Waals surface area contributed by atoms with Gasteiger partial charge in [-0.1, -0.05) is 25.0 Å². The van der Waals surface area contributed by atoms with E-state index in [9.17, 15) is 0 Å². The summed E-state index contributed by atoms with van der Waals surface area (Å²) in [5.74, 6) is 0.722. The first-order valence-corrected chi connectivity index (χ1v) is 3.19. The minimum atomic E-state index is 0.722. The maximum atomic E-state index is 2.22. The molecule has 8 heavy (non-hydrogen) atoms. The van der Waals surface area contributed by atoms with Crippen LogP contribution in [0.15, 0.2) is 11.1 Å². The fourth-order valence-electron chi connectivity index (χ4n) is 0.577. The summed E-state index contributed by atoms with van der Waals surface area (Å²) in [5, 5.41) is 0. The Morgan fingerprint density at radius 3 is 1.38 bits per heavy atom. The molecule has 0 rings (SSSR count). The minimum Gasteiger partial charge on any atom is -0.0773 e. The highest BCUT2D eigenvalue weighted by molar-refractivity contribution is 5.08. The highest BCUT2D eigenvalue weighted by Gasteiger charge is 1.95. The average Bonchev–Trinajstić information content (AvgIpc) is 1.64. The number of allylic oxidation sites excluding steroid dienone is 2. The van der Waals surface area contributed by atoms with Gasteiger partial charge in [0.15, 0.2) is 0 Å². The number of hydrogen-bond acceptors (Lipinski definition) is 0. The molecule has 0 fully saturated rings. The van der Waals surface area contributed by atoms with Gasteiger partial charge in [0.05, 0.1) is 0 Å². The van der Waals surface area contributed by atoms with Gasteiger partial charge in [-0.25, -0.2) is 0 Å². The van der Waals surface area contributed by atoms with Gasteiger partial charge in [-0.3, -0.25) is 0 Å². The molecule has 0 aromatic heterocycles. The number of rotatable bonds is 1. The van der Waals surface area contributed by atoms with E-state index < -0.39 is 0 Å². The summed E-state index contributed by atoms with van der Waals surface area (Å²) in [5.41, 5.74) is 2.98. The zero-order valence-corrected chi connectivity index (χ0v) is 6.58. The van der Waals surface area contributed by atoms with E-state index in [4.69, 9.17) is 0 Å². The van der Waals surface area contributed by atoms with Crippen LogP contribution in [-0.4, -0.2) is 0 Å². The second-order valence-corrected chi connectivity index (χ2v) is 2.84. The monoisotopic (exact) mass is 112 g/mol. The van der Waals surface area contributed by atoms with Crippen LogP contribution >= 0.6 is 0 Å². The maximum Gasteiger partial charge on any atom is -0.0260 e. The predicted molar refractivity (Wildman–Crippen MR) is 38.9 cm³/mol. The molecule has 0 amide bonds. The maximum absolute atomic E-state index is 2.22. The fourth-order valence-corrected chi connectivity index (χ4v) is 0.577. The first-order valence-electron chi connectivity index (χ1n) is 3.19. The van der Waals surface area contributed by atoms with Crippen LogP contribution in [-0.2, 0) is 0 Å². The standard InChI is InChI=1S/C8H16/c1-6(2)8(5)7(3)4/h6H,1-5H3. The smallest absolute Gasteiger partial charge is 0.0260 e. The van der Waals surface area contributed by atoms with Crippen molar-refractivity contribution >= 4 is 0 Å². The van der Waals surface area contributed by atoms with Crippen LogP contribution in [0, 0.1) is 5.92 Å². The molecule has 48 valence electrons. The SMILES string of the molecule is CC(C)=C(C)C(C)C. The van der Waals surface area contributed by atoms with Crippen LogP contribution in [0.2, 0.25) is 0 Å². The van der Waals surface area contributed by atoms with Gasteiger partial charge in [0.25, 0.3) is 0 Å². The Labute approximate surface area is 52.6 Å². The summed E-state index contributed by atoms with van der Waals surface area (Å²) in [4.78, 5) is 0. The zero-order chi connectivity index (χ0) is 6.73. The lowest BCUT2D eigenvalue weighted by atomic mass is 10.0. The summed E-state index contributed by atoms with van der Waals surface area (Å²) < 4.78 is 0. The Kier molecular flexibility index (Phi) is 2.81. The first kappa shape index (κ1) is 7.74. The van der Waals surface area contributed by atoms with Crippen molar-refractivity contribution in [2.45, 2.75) is 34.6 Å². The van der Waals surface area contributed by atoms with Crippen molar-refractivity contribution in [3.8, 4) is 0 Å². The van der Waals surface area contributed by atoms with Gasteiger partial charge in [-0.2, -0.15) is 0 Å². The topological polar surface area (TPSA) is 0 Å². The molecular weight excluding hydrogens is 96.1 g/mol. The van der Waals surface area contributed by atoms with E-state index in [-0.39, 0.29) is 0 Å². The average molecular weight is 112 g/mol. The molecule has 0 N–H and O–H groups in total. The van der Waals surface area contributed by atoms with Crippen LogP contribution in [0.25, 0.3) is 0 Å². The summed E-state index contributed by atoms with van der Waals surface area (Å²) in [6.07, 6.45) is 0. The van der Waals surface area contributed by atoms with Gasteiger partial charge in [0.1, 0.15) is 0 Å². The molecule has 0 aliphatic carbocycles. The molecule has 0 aromatic rings. The van der Waals surface area contributed by atoms with Crippen LogP contribution in [0.5, 0.6) is 0 Å². The van der Waals surface area contributed by atoms with Gasteiger partial charge in [0.2, 0.25) is 0 Å². The van der Waals surface area contributed by atoms with E-state index >= 15 is 0 Å². The van der Waals surface area contributed by atoms with Crippen molar-refractivity contribution in [3.63, 3.8) is 0 Å². The van der Waals surface area contributed by atoms with Crippen molar-refractivity contribution in [2.75, 3.05) is 0 Å². The van der Waals surface area contributed by atoms with Crippen molar-refractivity contribution in [1.82, 2.24) is 0 Å². The molecule has 0 heterocycles. The van der Waals surface area contributed by atoms with E-state index in [1.807, 2.05) is 0 Å². The van der Waals surface area contributed by atoms with Gasteiger partial charge in [0, 0.05) is 0 Å². The molecule has 0 aliphatic heterocycles. The molecule has 0 bridgehead atoms. The molecule has 0 aromatic carbocycles. The lowest BCUT2D eigenvalue weighted by molar-refractivity contribution is 0.756. The Hall–Kier alpha value is -0.260. The summed E-state index contributed by atoms with van der Waals surface area (Å²) >= 11 is 0. The molecule has 0 atom stereocenters. The summed E-state index contributed by atoms with van der Waals surface area (Å²) in [6.45, 7) is 11.0. The third-order valence-electron chi connectivity index (χ3n) is 1.65. The Balaban J connectivity index is 4.00. The normalized spacial score (nSPS) is 9.75. The molecule has 0 spiro atoms. The fraction of sp³-hybridized carbons (Fsp3) is 0.750. The van der Waals surface area contributed by atoms with E-state index in [0.717, 1.165) is 5.92 Å². The van der Waals surface area contributed by atoms with Crippen molar-refractivity contribution in [3.05, 3.63) is 11.1 Å². The highest BCUT2D eigenvalue weighted by atomic mass is 14.0. The Morgan fingerprint density at radius 2 is 1.38 bits per heavy atom. The second-order valence-electron chi connectivity index (χ2n) is 2.84. The Morgan fingerprint density at radius 1 is 1.00 bits per heavy atom. The molecule has 0 unspecified atom stereocenters. The molecule has 0 aliphatic rings. The van der Waals surface area contributed by atoms with Crippen LogP contribution in [0.3, 0.4) is 0 Å².